The lowest BCUT2D eigenvalue weighted by Crippen LogP contribution is -2.42. The zero-order valence-corrected chi connectivity index (χ0v) is 18.1. The maximum Gasteiger partial charge on any atom is 0.471 e. The Hall–Kier alpha value is -3.43. The molecule has 10 heteroatoms. The number of fused-ring (bicyclic) bond motifs is 1. The van der Waals surface area contributed by atoms with Crippen LogP contribution in [-0.4, -0.2) is 27.6 Å². The van der Waals surface area contributed by atoms with Crippen molar-refractivity contribution < 1.29 is 31.6 Å². The summed E-state index contributed by atoms with van der Waals surface area (Å²) < 4.78 is 63.7. The van der Waals surface area contributed by atoms with Crippen LogP contribution < -0.4 is 4.74 Å². The van der Waals surface area contributed by atoms with Crippen LogP contribution in [-0.2, 0) is 17.5 Å². The fourth-order valence-corrected chi connectivity index (χ4v) is 3.61. The molecule has 0 N–H and O–H groups in total. The lowest BCUT2D eigenvalue weighted by molar-refractivity contribution is -0.159. The number of halogens is 4. The van der Waals surface area contributed by atoms with E-state index >= 15 is 4.39 Å². The molecular weight excluding hydrogens is 442 g/mol. The van der Waals surface area contributed by atoms with Crippen molar-refractivity contribution in [2.75, 3.05) is 6.61 Å². The minimum atomic E-state index is -4.82. The van der Waals surface area contributed by atoms with E-state index in [9.17, 15) is 18.0 Å². The van der Waals surface area contributed by atoms with Crippen molar-refractivity contribution in [2.45, 2.75) is 39.5 Å². The number of nitrogens with zero attached hydrogens (tertiary/aromatic N) is 3. The number of hydrogen-bond acceptors (Lipinski definition) is 5. The van der Waals surface area contributed by atoms with Crippen molar-refractivity contribution in [3.8, 4) is 17.1 Å². The average molecular weight is 463 g/mol. The van der Waals surface area contributed by atoms with Crippen LogP contribution in [0.4, 0.5) is 17.6 Å². The van der Waals surface area contributed by atoms with Crippen LogP contribution in [0.5, 0.6) is 5.75 Å². The molecule has 0 saturated carbocycles. The minimum Gasteiger partial charge on any atom is -0.491 e. The highest BCUT2D eigenvalue weighted by molar-refractivity contribution is 5.82. The highest BCUT2D eigenvalue weighted by Gasteiger charge is 2.39. The summed E-state index contributed by atoms with van der Waals surface area (Å²) in [6, 6.07) is 11.1. The molecule has 1 atom stereocenters. The van der Waals surface area contributed by atoms with Crippen LogP contribution in [0.25, 0.3) is 11.4 Å². The van der Waals surface area contributed by atoms with Gasteiger partial charge in [0.15, 0.2) is 0 Å². The predicted molar refractivity (Wildman–Crippen MR) is 109 cm³/mol. The Morgan fingerprint density at radius 1 is 1.12 bits per heavy atom. The number of amides is 1. The number of benzene rings is 2. The summed E-state index contributed by atoms with van der Waals surface area (Å²) in [7, 11) is 0. The summed E-state index contributed by atoms with van der Waals surface area (Å²) >= 11 is 0. The molecule has 4 rings (SSSR count). The molecule has 0 aliphatic carbocycles. The van der Waals surface area contributed by atoms with Gasteiger partial charge in [-0.2, -0.15) is 18.2 Å². The normalized spacial score (nSPS) is 16.7. The largest absolute Gasteiger partial charge is 0.491 e. The van der Waals surface area contributed by atoms with E-state index in [1.165, 1.54) is 6.07 Å². The fraction of sp³-hybridized carbons (Fsp3) is 0.348. The molecule has 1 amide bonds. The Morgan fingerprint density at radius 2 is 1.82 bits per heavy atom. The highest BCUT2D eigenvalue weighted by Crippen LogP contribution is 2.38. The first-order valence-corrected chi connectivity index (χ1v) is 10.2. The molecule has 6 nitrogen and oxygen atoms in total. The second-order valence-electron chi connectivity index (χ2n) is 8.78. The number of aromatic nitrogens is 2. The zero-order chi connectivity index (χ0) is 24.0. The van der Waals surface area contributed by atoms with Crippen LogP contribution in [0, 0.1) is 11.2 Å². The van der Waals surface area contributed by atoms with Crippen molar-refractivity contribution in [1.82, 2.24) is 15.0 Å². The van der Waals surface area contributed by atoms with Gasteiger partial charge in [-0.25, -0.2) is 4.39 Å². The van der Waals surface area contributed by atoms with Crippen LogP contribution in [0.15, 0.2) is 47.0 Å². The molecule has 2 aromatic carbocycles. The monoisotopic (exact) mass is 463 g/mol. The Bertz CT molecular complexity index is 1170. The van der Waals surface area contributed by atoms with Crippen molar-refractivity contribution in [2.24, 2.45) is 5.41 Å². The summed E-state index contributed by atoms with van der Waals surface area (Å²) in [6.07, 6.45) is -4.82. The third-order valence-corrected chi connectivity index (χ3v) is 5.27. The molecule has 0 radical (unpaired) electrons. The van der Waals surface area contributed by atoms with Crippen molar-refractivity contribution >= 4 is 5.91 Å². The van der Waals surface area contributed by atoms with E-state index in [1.807, 2.05) is 30.3 Å². The van der Waals surface area contributed by atoms with E-state index in [1.54, 1.807) is 25.7 Å². The van der Waals surface area contributed by atoms with Gasteiger partial charge in [0, 0.05) is 16.5 Å². The third-order valence-electron chi connectivity index (χ3n) is 5.27. The van der Waals surface area contributed by atoms with Crippen molar-refractivity contribution in [1.29, 1.82) is 0 Å². The average Bonchev–Trinajstić information content (AvgIpc) is 3.17. The summed E-state index contributed by atoms with van der Waals surface area (Å²) in [6.45, 7) is 5.28. The molecule has 0 spiro atoms. The molecule has 1 aliphatic heterocycles. The number of hydrogen-bond donors (Lipinski definition) is 0. The molecule has 3 aromatic rings. The molecule has 1 aromatic heterocycles. The molecule has 2 heterocycles. The quantitative estimate of drug-likeness (QED) is 0.476. The van der Waals surface area contributed by atoms with Gasteiger partial charge in [0.05, 0.1) is 12.6 Å². The Morgan fingerprint density at radius 3 is 2.42 bits per heavy atom. The Balaban J connectivity index is 1.75. The maximum absolute atomic E-state index is 15.2. The van der Waals surface area contributed by atoms with E-state index < -0.39 is 35.2 Å². The number of rotatable bonds is 2. The molecule has 0 fully saturated rings. The fourth-order valence-electron chi connectivity index (χ4n) is 3.61. The summed E-state index contributed by atoms with van der Waals surface area (Å²) in [4.78, 5) is 18.2. The second-order valence-corrected chi connectivity index (χ2v) is 8.78. The lowest BCUT2D eigenvalue weighted by atomic mass is 9.92. The molecule has 0 bridgehead atoms. The predicted octanol–water partition coefficient (Wildman–Crippen LogP) is 5.40. The number of carbonyl (C=O) groups excluding carboxylic acids is 1. The van der Waals surface area contributed by atoms with Crippen LogP contribution in [0.2, 0.25) is 0 Å². The minimum absolute atomic E-state index is 0.0295. The van der Waals surface area contributed by atoms with E-state index in [0.29, 0.717) is 0 Å². The first-order chi connectivity index (χ1) is 15.4. The van der Waals surface area contributed by atoms with Gasteiger partial charge >= 0.3 is 12.1 Å². The van der Waals surface area contributed by atoms with E-state index in [2.05, 4.69) is 14.7 Å². The van der Waals surface area contributed by atoms with Crippen molar-refractivity contribution in [3.63, 3.8) is 0 Å². The van der Waals surface area contributed by atoms with Gasteiger partial charge in [-0.3, -0.25) is 4.79 Å². The Labute approximate surface area is 187 Å². The van der Waals surface area contributed by atoms with Gasteiger partial charge in [0.2, 0.25) is 11.7 Å². The van der Waals surface area contributed by atoms with Gasteiger partial charge in [-0.15, -0.1) is 0 Å². The smallest absolute Gasteiger partial charge is 0.471 e. The first kappa shape index (κ1) is 22.8. The Kier molecular flexibility index (Phi) is 5.63. The SMILES string of the molecule is CC(C)(C)C(=O)N1Cc2c(F)cc(-c3noc(C(F)(F)F)n3)cc2OCC1c1ccccc1. The number of alkyl halides is 3. The highest BCUT2D eigenvalue weighted by atomic mass is 19.4. The van der Waals surface area contributed by atoms with Gasteiger partial charge in [-0.05, 0) is 17.7 Å². The van der Waals surface area contributed by atoms with Crippen LogP contribution >= 0.6 is 0 Å². The van der Waals surface area contributed by atoms with E-state index in [-0.39, 0.29) is 35.9 Å². The van der Waals surface area contributed by atoms with Gasteiger partial charge in [-0.1, -0.05) is 56.3 Å². The van der Waals surface area contributed by atoms with Gasteiger partial charge in [0.1, 0.15) is 18.2 Å². The number of carbonyl (C=O) groups is 1. The lowest BCUT2D eigenvalue weighted by Gasteiger charge is -2.34. The summed E-state index contributed by atoms with van der Waals surface area (Å²) in [5.41, 5.74) is 0.176. The molecule has 1 aliphatic rings. The molecular formula is C23H21F4N3O3. The molecule has 33 heavy (non-hydrogen) atoms. The first-order valence-electron chi connectivity index (χ1n) is 10.2. The van der Waals surface area contributed by atoms with Crippen LogP contribution in [0.1, 0.15) is 43.8 Å². The standard InChI is InChI=1S/C23H21F4N3O3/c1-22(2,3)21(31)30-11-15-16(24)9-14(19-28-20(33-29-19)23(25,26)27)10-18(15)32-12-17(30)13-7-5-4-6-8-13/h4-10,17H,11-12H2,1-3H3. The van der Waals surface area contributed by atoms with E-state index in [4.69, 9.17) is 4.74 Å². The summed E-state index contributed by atoms with van der Waals surface area (Å²) in [5, 5.41) is 3.31. The zero-order valence-electron chi connectivity index (χ0n) is 18.1. The third kappa shape index (κ3) is 4.55. The molecule has 0 saturated heterocycles. The number of ether oxygens (including phenoxy) is 1. The van der Waals surface area contributed by atoms with Gasteiger partial charge in [0.25, 0.3) is 0 Å². The molecule has 1 unspecified atom stereocenters. The van der Waals surface area contributed by atoms with E-state index in [0.717, 1.165) is 11.6 Å². The second kappa shape index (κ2) is 8.17. The van der Waals surface area contributed by atoms with Crippen LogP contribution in [0.3, 0.4) is 0 Å². The van der Waals surface area contributed by atoms with Gasteiger partial charge < -0.3 is 14.2 Å². The summed E-state index contributed by atoms with van der Waals surface area (Å²) in [5.74, 6) is -2.78. The maximum atomic E-state index is 15.2. The molecule has 174 valence electrons. The van der Waals surface area contributed by atoms with Crippen molar-refractivity contribution in [3.05, 3.63) is 65.3 Å². The topological polar surface area (TPSA) is 68.5 Å².